The average Bonchev–Trinajstić information content (AvgIpc) is 3.11. The average molecular weight is 368 g/mol. The van der Waals surface area contributed by atoms with E-state index in [1.165, 1.54) is 4.52 Å². The fourth-order valence-corrected chi connectivity index (χ4v) is 2.91. The van der Waals surface area contributed by atoms with Gasteiger partial charge in [-0.1, -0.05) is 30.3 Å². The van der Waals surface area contributed by atoms with E-state index in [2.05, 4.69) is 15.4 Å². The molecule has 3 rings (SSSR count). The number of amides is 1. The Balaban J connectivity index is 1.66. The third-order valence-electron chi connectivity index (χ3n) is 4.40. The second-order valence-electron chi connectivity index (χ2n) is 6.34. The number of nitrogens with one attached hydrogen (secondary N) is 2. The lowest BCUT2D eigenvalue weighted by Gasteiger charge is -2.14. The quantitative estimate of drug-likeness (QED) is 0.574. The minimum absolute atomic E-state index is 0.0123. The highest BCUT2D eigenvalue weighted by molar-refractivity contribution is 5.79. The van der Waals surface area contributed by atoms with E-state index in [1.54, 1.807) is 19.2 Å². The maximum absolute atomic E-state index is 12.5. The molecule has 1 aromatic carbocycles. The Labute approximate surface area is 154 Å². The molecule has 1 atom stereocenters. The number of carbonyl (C=O) groups excluding carboxylic acids is 1. The molecule has 140 valence electrons. The van der Waals surface area contributed by atoms with Crippen molar-refractivity contribution in [1.29, 1.82) is 0 Å². The molecule has 0 radical (unpaired) electrons. The van der Waals surface area contributed by atoms with E-state index in [0.717, 1.165) is 5.56 Å². The number of H-pyrrole nitrogens is 1. The summed E-state index contributed by atoms with van der Waals surface area (Å²) in [7, 11) is 0. The van der Waals surface area contributed by atoms with E-state index in [1.807, 2.05) is 30.3 Å². The van der Waals surface area contributed by atoms with Crippen LogP contribution in [0.4, 0.5) is 0 Å². The number of carbonyl (C=O) groups is 2. The third kappa shape index (κ3) is 4.22. The molecule has 0 saturated carbocycles. The van der Waals surface area contributed by atoms with Crippen molar-refractivity contribution >= 4 is 17.5 Å². The summed E-state index contributed by atoms with van der Waals surface area (Å²) in [5, 5.41) is 14.8. The maximum atomic E-state index is 12.5. The molecule has 27 heavy (non-hydrogen) atoms. The van der Waals surface area contributed by atoms with Crippen LogP contribution in [0.2, 0.25) is 0 Å². The van der Waals surface area contributed by atoms with E-state index >= 15 is 0 Å². The molecule has 8 nitrogen and oxygen atoms in total. The van der Waals surface area contributed by atoms with Crippen LogP contribution in [0, 0.1) is 12.8 Å². The van der Waals surface area contributed by atoms with Gasteiger partial charge in [-0.05, 0) is 18.9 Å². The molecule has 1 amide bonds. The van der Waals surface area contributed by atoms with Crippen molar-refractivity contribution in [2.24, 2.45) is 5.92 Å². The number of hydrogen-bond acceptors (Lipinski definition) is 4. The molecule has 0 saturated heterocycles. The standard InChI is InChI=1S/C19H20N4O4/c1-12-15(18(25)23-16(22-12)7-8-21-23)10-17(24)20-11-14(19(26)27)9-13-5-3-2-4-6-13/h2-8,14,21H,9-11H2,1H3,(H,20,24)(H,26,27). The number of nitrogens with zero attached hydrogens (tertiary/aromatic N) is 2. The van der Waals surface area contributed by atoms with Crippen LogP contribution in [0.15, 0.2) is 47.4 Å². The highest BCUT2D eigenvalue weighted by Crippen LogP contribution is 2.09. The first-order valence-corrected chi connectivity index (χ1v) is 8.54. The summed E-state index contributed by atoms with van der Waals surface area (Å²) in [6.45, 7) is 1.66. The second-order valence-corrected chi connectivity index (χ2v) is 6.34. The summed E-state index contributed by atoms with van der Waals surface area (Å²) in [4.78, 5) is 40.5. The number of hydrogen-bond donors (Lipinski definition) is 3. The monoisotopic (exact) mass is 368 g/mol. The second kappa shape index (κ2) is 7.86. The van der Waals surface area contributed by atoms with Crippen molar-refractivity contribution in [1.82, 2.24) is 19.9 Å². The van der Waals surface area contributed by atoms with Gasteiger partial charge >= 0.3 is 5.97 Å². The lowest BCUT2D eigenvalue weighted by Crippen LogP contribution is -2.36. The van der Waals surface area contributed by atoms with Gasteiger partial charge in [-0.15, -0.1) is 0 Å². The number of carboxylic acid groups (broad SMARTS) is 1. The number of aliphatic carboxylic acids is 1. The fourth-order valence-electron chi connectivity index (χ4n) is 2.91. The zero-order valence-corrected chi connectivity index (χ0v) is 14.8. The molecule has 8 heteroatoms. The molecule has 0 bridgehead atoms. The summed E-state index contributed by atoms with van der Waals surface area (Å²) in [5.41, 5.74) is 1.79. The molecular weight excluding hydrogens is 348 g/mol. The number of fused-ring (bicyclic) bond motifs is 1. The van der Waals surface area contributed by atoms with Gasteiger partial charge in [-0.25, -0.2) is 9.50 Å². The van der Waals surface area contributed by atoms with Crippen molar-refractivity contribution in [3.63, 3.8) is 0 Å². The van der Waals surface area contributed by atoms with Gasteiger partial charge in [0.25, 0.3) is 5.56 Å². The molecule has 3 N–H and O–H groups in total. The van der Waals surface area contributed by atoms with Crippen LogP contribution in [0.25, 0.3) is 5.65 Å². The highest BCUT2D eigenvalue weighted by Gasteiger charge is 2.20. The maximum Gasteiger partial charge on any atom is 0.308 e. The topological polar surface area (TPSA) is 117 Å². The lowest BCUT2D eigenvalue weighted by atomic mass is 9.99. The Bertz CT molecular complexity index is 1020. The molecule has 0 fully saturated rings. The number of aromatic amines is 1. The molecule has 2 heterocycles. The Kier molecular flexibility index (Phi) is 5.35. The Morgan fingerprint density at radius 3 is 2.70 bits per heavy atom. The third-order valence-corrected chi connectivity index (χ3v) is 4.40. The van der Waals surface area contributed by atoms with E-state index in [0.29, 0.717) is 17.8 Å². The smallest absolute Gasteiger partial charge is 0.308 e. The minimum atomic E-state index is -0.982. The first-order valence-electron chi connectivity index (χ1n) is 8.54. The first kappa shape index (κ1) is 18.4. The van der Waals surface area contributed by atoms with E-state index in [-0.39, 0.29) is 24.1 Å². The molecule has 2 aromatic heterocycles. The Morgan fingerprint density at radius 2 is 2.00 bits per heavy atom. The van der Waals surface area contributed by atoms with Gasteiger partial charge < -0.3 is 10.4 Å². The fraction of sp³-hybridized carbons (Fsp3) is 0.263. The van der Waals surface area contributed by atoms with Gasteiger partial charge in [-0.3, -0.25) is 19.5 Å². The zero-order valence-electron chi connectivity index (χ0n) is 14.8. The van der Waals surface area contributed by atoms with Crippen molar-refractivity contribution in [2.75, 3.05) is 6.54 Å². The summed E-state index contributed by atoms with van der Waals surface area (Å²) in [6.07, 6.45) is 1.75. The van der Waals surface area contributed by atoms with Gasteiger partial charge in [0, 0.05) is 30.1 Å². The molecule has 1 unspecified atom stereocenters. The normalized spacial score (nSPS) is 12.0. The first-order chi connectivity index (χ1) is 13.0. The van der Waals surface area contributed by atoms with Crippen LogP contribution in [0.1, 0.15) is 16.8 Å². The molecule has 0 aliphatic heterocycles. The van der Waals surface area contributed by atoms with Crippen LogP contribution < -0.4 is 10.9 Å². The lowest BCUT2D eigenvalue weighted by molar-refractivity contribution is -0.141. The molecule has 3 aromatic rings. The van der Waals surface area contributed by atoms with Crippen LogP contribution in [-0.4, -0.2) is 38.1 Å². The predicted molar refractivity (Wildman–Crippen MR) is 98.5 cm³/mol. The Hall–Kier alpha value is -3.42. The van der Waals surface area contributed by atoms with E-state index in [4.69, 9.17) is 0 Å². The number of benzene rings is 1. The van der Waals surface area contributed by atoms with Crippen LogP contribution in [-0.2, 0) is 22.4 Å². The van der Waals surface area contributed by atoms with Gasteiger partial charge in [0.2, 0.25) is 5.91 Å². The minimum Gasteiger partial charge on any atom is -0.481 e. The zero-order chi connectivity index (χ0) is 19.4. The van der Waals surface area contributed by atoms with Crippen molar-refractivity contribution in [3.8, 4) is 0 Å². The van der Waals surface area contributed by atoms with Crippen molar-refractivity contribution < 1.29 is 14.7 Å². The van der Waals surface area contributed by atoms with Crippen molar-refractivity contribution in [3.05, 3.63) is 69.8 Å². The molecular formula is C19H20N4O4. The van der Waals surface area contributed by atoms with Gasteiger partial charge in [0.1, 0.15) is 0 Å². The Morgan fingerprint density at radius 1 is 1.26 bits per heavy atom. The summed E-state index contributed by atoms with van der Waals surface area (Å²) in [6, 6.07) is 10.9. The number of carboxylic acids is 1. The summed E-state index contributed by atoms with van der Waals surface area (Å²) < 4.78 is 1.27. The van der Waals surface area contributed by atoms with Gasteiger partial charge in [-0.2, -0.15) is 0 Å². The summed E-state index contributed by atoms with van der Waals surface area (Å²) >= 11 is 0. The molecule has 0 aliphatic rings. The van der Waals surface area contributed by atoms with E-state index < -0.39 is 17.8 Å². The van der Waals surface area contributed by atoms with Gasteiger partial charge in [0.15, 0.2) is 5.65 Å². The number of rotatable bonds is 7. The van der Waals surface area contributed by atoms with E-state index in [9.17, 15) is 19.5 Å². The number of aryl methyl sites for hydroxylation is 1. The largest absolute Gasteiger partial charge is 0.481 e. The SMILES string of the molecule is Cc1nc2cc[nH]n2c(=O)c1CC(=O)NCC(Cc1ccccc1)C(=O)O. The summed E-state index contributed by atoms with van der Waals surface area (Å²) in [5.74, 6) is -2.14. The van der Waals surface area contributed by atoms with Gasteiger partial charge in [0.05, 0.1) is 12.3 Å². The predicted octanol–water partition coefficient (Wildman–Crippen LogP) is 0.933. The highest BCUT2D eigenvalue weighted by atomic mass is 16.4. The molecule has 0 spiro atoms. The molecule has 0 aliphatic carbocycles. The van der Waals surface area contributed by atoms with Crippen LogP contribution in [0.5, 0.6) is 0 Å². The number of aromatic nitrogens is 3. The van der Waals surface area contributed by atoms with Crippen molar-refractivity contribution in [2.45, 2.75) is 19.8 Å². The van der Waals surface area contributed by atoms with Crippen LogP contribution in [0.3, 0.4) is 0 Å². The van der Waals surface area contributed by atoms with Crippen LogP contribution >= 0.6 is 0 Å².